The molecular formula is C13H17N3O2. The summed E-state index contributed by atoms with van der Waals surface area (Å²) >= 11 is 0. The van der Waals surface area contributed by atoms with Crippen LogP contribution in [0, 0.1) is 12.8 Å². The average molecular weight is 247 g/mol. The number of hydrogen-bond acceptors (Lipinski definition) is 4. The number of nitrogens with one attached hydrogen (secondary N) is 2. The van der Waals surface area contributed by atoms with E-state index in [1.54, 1.807) is 12.3 Å². The molecule has 0 radical (unpaired) electrons. The van der Waals surface area contributed by atoms with Crippen molar-refractivity contribution in [2.24, 2.45) is 5.92 Å². The quantitative estimate of drug-likeness (QED) is 0.753. The molecule has 1 aromatic heterocycles. The van der Waals surface area contributed by atoms with E-state index < -0.39 is 0 Å². The smallest absolute Gasteiger partial charge is 0.259 e. The molecule has 2 N–H and O–H groups in total. The van der Waals surface area contributed by atoms with E-state index in [1.807, 2.05) is 6.92 Å². The Morgan fingerprint density at radius 2 is 2.28 bits per heavy atom. The Morgan fingerprint density at radius 1 is 1.44 bits per heavy atom. The number of imide groups is 1. The van der Waals surface area contributed by atoms with Gasteiger partial charge in [0.15, 0.2) is 0 Å². The number of hydrogen-bond donors (Lipinski definition) is 2. The lowest BCUT2D eigenvalue weighted by Gasteiger charge is -2.21. The van der Waals surface area contributed by atoms with Crippen molar-refractivity contribution in [3.8, 4) is 0 Å². The fourth-order valence-corrected chi connectivity index (χ4v) is 2.04. The largest absolute Gasteiger partial charge is 0.316 e. The van der Waals surface area contributed by atoms with Crippen LogP contribution in [0.3, 0.4) is 0 Å². The fraction of sp³-hybridized carbons (Fsp3) is 0.462. The van der Waals surface area contributed by atoms with Crippen LogP contribution in [-0.2, 0) is 4.79 Å². The number of piperidine rings is 1. The van der Waals surface area contributed by atoms with Crippen LogP contribution in [0.4, 0.5) is 0 Å². The van der Waals surface area contributed by atoms with E-state index in [2.05, 4.69) is 15.6 Å². The molecule has 2 heterocycles. The number of amides is 2. The van der Waals surface area contributed by atoms with E-state index >= 15 is 0 Å². The Kier molecular flexibility index (Phi) is 4.04. The minimum Gasteiger partial charge on any atom is -0.316 e. The van der Waals surface area contributed by atoms with Crippen LogP contribution >= 0.6 is 0 Å². The van der Waals surface area contributed by atoms with E-state index in [4.69, 9.17) is 0 Å². The molecule has 0 saturated carbocycles. The highest BCUT2D eigenvalue weighted by Crippen LogP contribution is 2.10. The molecule has 5 heteroatoms. The molecule has 1 aromatic rings. The van der Waals surface area contributed by atoms with E-state index in [9.17, 15) is 9.59 Å². The van der Waals surface area contributed by atoms with Gasteiger partial charge in [0, 0.05) is 18.9 Å². The highest BCUT2D eigenvalue weighted by Gasteiger charge is 2.22. The molecule has 1 aliphatic heterocycles. The molecule has 0 spiro atoms. The van der Waals surface area contributed by atoms with Gasteiger partial charge in [0.25, 0.3) is 5.91 Å². The molecule has 1 aliphatic rings. The highest BCUT2D eigenvalue weighted by atomic mass is 16.2. The second-order valence-electron chi connectivity index (χ2n) is 4.61. The van der Waals surface area contributed by atoms with Crippen molar-refractivity contribution in [2.45, 2.75) is 19.8 Å². The molecule has 5 nitrogen and oxygen atoms in total. The minimum absolute atomic E-state index is 0.111. The summed E-state index contributed by atoms with van der Waals surface area (Å²) in [5.74, 6) is -0.684. The zero-order chi connectivity index (χ0) is 13.0. The van der Waals surface area contributed by atoms with Crippen molar-refractivity contribution >= 4 is 11.8 Å². The number of nitrogens with zero attached hydrogens (tertiary/aromatic N) is 1. The van der Waals surface area contributed by atoms with E-state index in [0.717, 1.165) is 24.9 Å². The van der Waals surface area contributed by atoms with Gasteiger partial charge in [0.1, 0.15) is 0 Å². The second-order valence-corrected chi connectivity index (χ2v) is 4.61. The monoisotopic (exact) mass is 247 g/mol. The van der Waals surface area contributed by atoms with E-state index in [-0.39, 0.29) is 17.7 Å². The maximum atomic E-state index is 11.9. The van der Waals surface area contributed by atoms with Crippen LogP contribution in [-0.4, -0.2) is 29.9 Å². The Balaban J connectivity index is 1.96. The summed E-state index contributed by atoms with van der Waals surface area (Å²) in [6.07, 6.45) is 4.94. The van der Waals surface area contributed by atoms with Crippen molar-refractivity contribution in [3.63, 3.8) is 0 Å². The zero-order valence-corrected chi connectivity index (χ0v) is 10.4. The SMILES string of the molecule is Cc1cncc(C(=O)NC(=O)[C@@H]2CCCNC2)c1. The van der Waals surface area contributed by atoms with Gasteiger partial charge in [-0.1, -0.05) is 0 Å². The van der Waals surface area contributed by atoms with Gasteiger partial charge < -0.3 is 5.32 Å². The molecule has 0 aliphatic carbocycles. The molecule has 1 saturated heterocycles. The van der Waals surface area contributed by atoms with Crippen molar-refractivity contribution in [3.05, 3.63) is 29.6 Å². The highest BCUT2D eigenvalue weighted by molar-refractivity contribution is 6.05. The standard InChI is InChI=1S/C13H17N3O2/c1-9-5-11(8-15-6-9)13(18)16-12(17)10-3-2-4-14-7-10/h5-6,8,10,14H,2-4,7H2,1H3,(H,16,17,18)/t10-/m1/s1. The molecule has 1 fully saturated rings. The molecule has 0 bridgehead atoms. The molecule has 96 valence electrons. The first kappa shape index (κ1) is 12.7. The molecule has 18 heavy (non-hydrogen) atoms. The topological polar surface area (TPSA) is 71.1 Å². The normalized spacial score (nSPS) is 19.3. The predicted octanol–water partition coefficient (Wildman–Crippen LogP) is 0.646. The van der Waals surface area contributed by atoms with E-state index in [0.29, 0.717) is 12.1 Å². The average Bonchev–Trinajstić information content (AvgIpc) is 2.39. The van der Waals surface area contributed by atoms with Gasteiger partial charge in [-0.05, 0) is 37.9 Å². The van der Waals surface area contributed by atoms with Gasteiger partial charge >= 0.3 is 0 Å². The minimum atomic E-state index is -0.373. The molecule has 0 aromatic carbocycles. The van der Waals surface area contributed by atoms with Crippen LogP contribution in [0.15, 0.2) is 18.5 Å². The number of carbonyl (C=O) groups excluding carboxylic acids is 2. The number of rotatable bonds is 2. The molecule has 0 unspecified atom stereocenters. The number of carbonyl (C=O) groups is 2. The third-order valence-corrected chi connectivity index (χ3v) is 3.04. The third kappa shape index (κ3) is 3.13. The van der Waals surface area contributed by atoms with Crippen LogP contribution < -0.4 is 10.6 Å². The number of aromatic nitrogens is 1. The van der Waals surface area contributed by atoms with Gasteiger partial charge in [0.2, 0.25) is 5.91 Å². The van der Waals surface area contributed by atoms with Crippen molar-refractivity contribution in [1.29, 1.82) is 0 Å². The Labute approximate surface area is 106 Å². The summed E-state index contributed by atoms with van der Waals surface area (Å²) in [5.41, 5.74) is 1.32. The lowest BCUT2D eigenvalue weighted by Crippen LogP contribution is -2.42. The molecule has 1 atom stereocenters. The van der Waals surface area contributed by atoms with Crippen molar-refractivity contribution < 1.29 is 9.59 Å². The lowest BCUT2D eigenvalue weighted by molar-refractivity contribution is -0.124. The van der Waals surface area contributed by atoms with Gasteiger partial charge in [-0.15, -0.1) is 0 Å². The Hall–Kier alpha value is -1.75. The predicted molar refractivity (Wildman–Crippen MR) is 67.0 cm³/mol. The zero-order valence-electron chi connectivity index (χ0n) is 10.4. The fourth-order valence-electron chi connectivity index (χ4n) is 2.04. The molecular weight excluding hydrogens is 230 g/mol. The Morgan fingerprint density at radius 3 is 2.94 bits per heavy atom. The summed E-state index contributed by atoms with van der Waals surface area (Å²) in [6.45, 7) is 3.45. The first-order chi connectivity index (χ1) is 8.66. The first-order valence-electron chi connectivity index (χ1n) is 6.14. The lowest BCUT2D eigenvalue weighted by atomic mass is 9.99. The van der Waals surface area contributed by atoms with Crippen molar-refractivity contribution in [2.75, 3.05) is 13.1 Å². The molecule has 2 amide bonds. The summed E-state index contributed by atoms with van der Waals surface area (Å²) in [4.78, 5) is 27.7. The summed E-state index contributed by atoms with van der Waals surface area (Å²) in [7, 11) is 0. The summed E-state index contributed by atoms with van der Waals surface area (Å²) < 4.78 is 0. The first-order valence-corrected chi connectivity index (χ1v) is 6.14. The summed E-state index contributed by atoms with van der Waals surface area (Å²) in [5, 5.41) is 5.59. The van der Waals surface area contributed by atoms with Crippen LogP contribution in [0.25, 0.3) is 0 Å². The van der Waals surface area contributed by atoms with Gasteiger partial charge in [0.05, 0.1) is 11.5 Å². The third-order valence-electron chi connectivity index (χ3n) is 3.04. The summed E-state index contributed by atoms with van der Waals surface area (Å²) in [6, 6.07) is 1.72. The number of aryl methyl sites for hydroxylation is 1. The van der Waals surface area contributed by atoms with Gasteiger partial charge in [-0.2, -0.15) is 0 Å². The second kappa shape index (κ2) is 5.73. The number of pyridine rings is 1. The van der Waals surface area contributed by atoms with Gasteiger partial charge in [-0.3, -0.25) is 19.9 Å². The Bertz CT molecular complexity index is 453. The maximum Gasteiger partial charge on any atom is 0.259 e. The van der Waals surface area contributed by atoms with Gasteiger partial charge in [-0.25, -0.2) is 0 Å². The maximum absolute atomic E-state index is 11.9. The van der Waals surface area contributed by atoms with Crippen LogP contribution in [0.1, 0.15) is 28.8 Å². The van der Waals surface area contributed by atoms with E-state index in [1.165, 1.54) is 6.20 Å². The van der Waals surface area contributed by atoms with Crippen molar-refractivity contribution in [1.82, 2.24) is 15.6 Å². The molecule has 2 rings (SSSR count). The van der Waals surface area contributed by atoms with Crippen LogP contribution in [0.5, 0.6) is 0 Å². The van der Waals surface area contributed by atoms with Crippen LogP contribution in [0.2, 0.25) is 0 Å².